The van der Waals surface area contributed by atoms with Crippen LogP contribution in [0, 0.1) is 0 Å². The fourth-order valence-corrected chi connectivity index (χ4v) is 1.99. The number of nitrogens with zero attached hydrogens (tertiary/aromatic N) is 1. The fraction of sp³-hybridized carbons (Fsp3) is 0.400. The van der Waals surface area contributed by atoms with Gasteiger partial charge in [0.05, 0.1) is 13.2 Å². The van der Waals surface area contributed by atoms with E-state index in [9.17, 15) is 0 Å². The Balaban J connectivity index is 2.25. The van der Waals surface area contributed by atoms with Crippen molar-refractivity contribution < 1.29 is 14.8 Å². The van der Waals surface area contributed by atoms with Crippen LogP contribution in [0.2, 0.25) is 5.02 Å². The highest BCUT2D eigenvalue weighted by atomic mass is 35.5. The summed E-state index contributed by atoms with van der Waals surface area (Å²) in [6.07, 6.45) is 0. The van der Waals surface area contributed by atoms with Crippen molar-refractivity contribution in [3.63, 3.8) is 0 Å². The van der Waals surface area contributed by atoms with Crippen molar-refractivity contribution >= 4 is 29.9 Å². The zero-order chi connectivity index (χ0) is 11.5. The van der Waals surface area contributed by atoms with Gasteiger partial charge in [-0.2, -0.15) is 0 Å². The predicted octanol–water partition coefficient (Wildman–Crippen LogP) is -0.144. The fourth-order valence-electron chi connectivity index (χ4n) is 1.75. The van der Waals surface area contributed by atoms with Gasteiger partial charge in [-0.3, -0.25) is 0 Å². The molecule has 0 atom stereocenters. The van der Waals surface area contributed by atoms with Gasteiger partial charge >= 0.3 is 7.12 Å². The second kappa shape index (κ2) is 5.06. The summed E-state index contributed by atoms with van der Waals surface area (Å²) in [5.41, 5.74) is 1.31. The maximum absolute atomic E-state index is 9.12. The summed E-state index contributed by atoms with van der Waals surface area (Å²) in [6.45, 7) is 2.95. The first-order valence-corrected chi connectivity index (χ1v) is 5.54. The number of hydrogen-bond donors (Lipinski definition) is 2. The van der Waals surface area contributed by atoms with Crippen molar-refractivity contribution in [1.29, 1.82) is 0 Å². The van der Waals surface area contributed by atoms with E-state index >= 15 is 0 Å². The first kappa shape index (κ1) is 11.7. The minimum atomic E-state index is -1.49. The van der Waals surface area contributed by atoms with Gasteiger partial charge in [0, 0.05) is 23.8 Å². The van der Waals surface area contributed by atoms with Gasteiger partial charge in [0.15, 0.2) is 0 Å². The summed E-state index contributed by atoms with van der Waals surface area (Å²) in [6, 6.07) is 5.11. The van der Waals surface area contributed by atoms with E-state index in [0.717, 1.165) is 18.8 Å². The van der Waals surface area contributed by atoms with Crippen LogP contribution in [0.4, 0.5) is 5.69 Å². The Labute approximate surface area is 99.5 Å². The zero-order valence-electron chi connectivity index (χ0n) is 8.77. The van der Waals surface area contributed by atoms with Crippen LogP contribution in [0.5, 0.6) is 0 Å². The summed E-state index contributed by atoms with van der Waals surface area (Å²) < 4.78 is 5.26. The standard InChI is InChI=1S/C10H13BClNO3/c12-9-5-8(11(14)15)6-10(7-9)13-1-3-16-4-2-13/h5-7,14-15H,1-4H2. The number of rotatable bonds is 2. The second-order valence-corrected chi connectivity index (χ2v) is 4.15. The molecule has 0 saturated carbocycles. The Bertz CT molecular complexity index is 369. The first-order chi connectivity index (χ1) is 7.66. The Morgan fingerprint density at radius 2 is 1.88 bits per heavy atom. The van der Waals surface area contributed by atoms with Gasteiger partial charge in [-0.25, -0.2) is 0 Å². The predicted molar refractivity (Wildman–Crippen MR) is 64.3 cm³/mol. The van der Waals surface area contributed by atoms with Crippen molar-refractivity contribution in [3.8, 4) is 0 Å². The quantitative estimate of drug-likeness (QED) is 0.708. The van der Waals surface area contributed by atoms with Crippen LogP contribution in [0.25, 0.3) is 0 Å². The van der Waals surface area contributed by atoms with E-state index in [1.807, 2.05) is 6.07 Å². The molecule has 1 aliphatic heterocycles. The van der Waals surface area contributed by atoms with E-state index in [1.165, 1.54) is 0 Å². The van der Waals surface area contributed by atoms with Gasteiger partial charge in [-0.05, 0) is 23.7 Å². The molecule has 86 valence electrons. The van der Waals surface area contributed by atoms with Crippen LogP contribution in [0.15, 0.2) is 18.2 Å². The highest BCUT2D eigenvalue weighted by Crippen LogP contribution is 2.19. The lowest BCUT2D eigenvalue weighted by atomic mass is 9.80. The lowest BCUT2D eigenvalue weighted by molar-refractivity contribution is 0.122. The molecule has 0 amide bonds. The molecule has 2 N–H and O–H groups in total. The molecular formula is C10H13BClNO3. The van der Waals surface area contributed by atoms with Crippen LogP contribution >= 0.6 is 11.6 Å². The third-order valence-electron chi connectivity index (χ3n) is 2.58. The molecule has 6 heteroatoms. The number of hydrogen-bond acceptors (Lipinski definition) is 4. The van der Waals surface area contributed by atoms with E-state index in [0.29, 0.717) is 23.7 Å². The Kier molecular flexibility index (Phi) is 3.71. The Morgan fingerprint density at radius 3 is 2.50 bits per heavy atom. The third kappa shape index (κ3) is 2.68. The molecule has 16 heavy (non-hydrogen) atoms. The number of benzene rings is 1. The van der Waals surface area contributed by atoms with Crippen LogP contribution in [-0.2, 0) is 4.74 Å². The lowest BCUT2D eigenvalue weighted by Crippen LogP contribution is -2.37. The van der Waals surface area contributed by atoms with E-state index in [2.05, 4.69) is 4.90 Å². The van der Waals surface area contributed by atoms with E-state index in [-0.39, 0.29) is 0 Å². The number of ether oxygens (including phenoxy) is 1. The Hall–Kier alpha value is -0.745. The molecule has 0 aromatic heterocycles. The number of halogens is 1. The minimum absolute atomic E-state index is 0.411. The molecule has 1 aromatic rings. The van der Waals surface area contributed by atoms with Crippen molar-refractivity contribution in [2.45, 2.75) is 0 Å². The van der Waals surface area contributed by atoms with Gasteiger partial charge in [-0.1, -0.05) is 11.6 Å². The number of morpholine rings is 1. The molecule has 0 aliphatic carbocycles. The van der Waals surface area contributed by atoms with Crippen molar-refractivity contribution in [1.82, 2.24) is 0 Å². The van der Waals surface area contributed by atoms with Crippen LogP contribution in [-0.4, -0.2) is 43.5 Å². The van der Waals surface area contributed by atoms with Crippen LogP contribution < -0.4 is 10.4 Å². The SMILES string of the molecule is OB(O)c1cc(Cl)cc(N2CCOCC2)c1. The monoisotopic (exact) mass is 241 g/mol. The lowest BCUT2D eigenvalue weighted by Gasteiger charge is -2.29. The van der Waals surface area contributed by atoms with Gasteiger partial charge < -0.3 is 19.7 Å². The molecule has 0 radical (unpaired) electrons. The molecule has 0 unspecified atom stereocenters. The molecule has 0 bridgehead atoms. The average Bonchev–Trinajstić information content (AvgIpc) is 2.29. The highest BCUT2D eigenvalue weighted by Gasteiger charge is 2.16. The highest BCUT2D eigenvalue weighted by molar-refractivity contribution is 6.59. The second-order valence-electron chi connectivity index (χ2n) is 3.72. The third-order valence-corrected chi connectivity index (χ3v) is 2.80. The van der Waals surface area contributed by atoms with Gasteiger partial charge in [0.1, 0.15) is 0 Å². The first-order valence-electron chi connectivity index (χ1n) is 5.16. The summed E-state index contributed by atoms with van der Waals surface area (Å²) in [5, 5.41) is 18.8. The topological polar surface area (TPSA) is 52.9 Å². The summed E-state index contributed by atoms with van der Waals surface area (Å²) in [7, 11) is -1.49. The molecular weight excluding hydrogens is 228 g/mol. The van der Waals surface area contributed by atoms with E-state index in [4.69, 9.17) is 26.4 Å². The van der Waals surface area contributed by atoms with Crippen molar-refractivity contribution in [3.05, 3.63) is 23.2 Å². The van der Waals surface area contributed by atoms with Crippen LogP contribution in [0.3, 0.4) is 0 Å². The molecule has 2 rings (SSSR count). The number of anilines is 1. The molecule has 1 fully saturated rings. The normalized spacial score (nSPS) is 16.3. The van der Waals surface area contributed by atoms with Gasteiger partial charge in [0.25, 0.3) is 0 Å². The molecule has 0 spiro atoms. The average molecular weight is 241 g/mol. The van der Waals surface area contributed by atoms with Gasteiger partial charge in [0.2, 0.25) is 0 Å². The van der Waals surface area contributed by atoms with Crippen molar-refractivity contribution in [2.75, 3.05) is 31.2 Å². The molecule has 4 nitrogen and oxygen atoms in total. The van der Waals surface area contributed by atoms with Crippen LogP contribution in [0.1, 0.15) is 0 Å². The van der Waals surface area contributed by atoms with Gasteiger partial charge in [-0.15, -0.1) is 0 Å². The maximum atomic E-state index is 9.12. The Morgan fingerprint density at radius 1 is 1.19 bits per heavy atom. The van der Waals surface area contributed by atoms with E-state index < -0.39 is 7.12 Å². The van der Waals surface area contributed by atoms with Crippen molar-refractivity contribution in [2.24, 2.45) is 0 Å². The largest absolute Gasteiger partial charge is 0.488 e. The summed E-state index contributed by atoms with van der Waals surface area (Å²) >= 11 is 5.93. The maximum Gasteiger partial charge on any atom is 0.488 e. The summed E-state index contributed by atoms with van der Waals surface area (Å²) in [4.78, 5) is 2.11. The molecule has 1 saturated heterocycles. The zero-order valence-corrected chi connectivity index (χ0v) is 9.52. The minimum Gasteiger partial charge on any atom is -0.423 e. The smallest absolute Gasteiger partial charge is 0.423 e. The molecule has 1 aromatic carbocycles. The van der Waals surface area contributed by atoms with E-state index in [1.54, 1.807) is 12.1 Å². The molecule has 1 aliphatic rings. The molecule has 1 heterocycles. The summed E-state index contributed by atoms with van der Waals surface area (Å²) in [5.74, 6) is 0.